The van der Waals surface area contributed by atoms with Crippen molar-refractivity contribution in [2.24, 2.45) is 12.2 Å². The molecule has 9 heteroatoms. The maximum atomic E-state index is 12.3. The summed E-state index contributed by atoms with van der Waals surface area (Å²) in [5.41, 5.74) is 2.76. The number of nitrogens with two attached hydrogens (primary N) is 1. The van der Waals surface area contributed by atoms with Crippen LogP contribution in [0.5, 0.6) is 0 Å². The standard InChI is InChI=1S/C19H19ClN4O3S/c1-12-9-17(24(2)23-12)15-8-7-14(11-18(15)28(21,26)27)22-19(25)10-13-5-3-4-6-16(13)20/h3-9,11H,10H2,1-2H3,(H,22,25)(H2,21,26,27). The van der Waals surface area contributed by atoms with Gasteiger partial charge in [0.25, 0.3) is 0 Å². The zero-order chi connectivity index (χ0) is 20.5. The molecule has 0 spiro atoms. The summed E-state index contributed by atoms with van der Waals surface area (Å²) in [6, 6.07) is 13.4. The number of carbonyl (C=O) groups excluding carboxylic acids is 1. The molecule has 3 N–H and O–H groups in total. The Bertz CT molecular complexity index is 1160. The smallest absolute Gasteiger partial charge is 0.238 e. The highest BCUT2D eigenvalue weighted by Crippen LogP contribution is 2.29. The van der Waals surface area contributed by atoms with Crippen molar-refractivity contribution in [3.8, 4) is 11.3 Å². The van der Waals surface area contributed by atoms with Gasteiger partial charge < -0.3 is 5.32 Å². The number of halogens is 1. The molecule has 0 radical (unpaired) electrons. The van der Waals surface area contributed by atoms with Gasteiger partial charge in [-0.1, -0.05) is 29.8 Å². The van der Waals surface area contributed by atoms with E-state index in [0.717, 1.165) is 5.69 Å². The second-order valence-electron chi connectivity index (χ2n) is 6.37. The van der Waals surface area contributed by atoms with Crippen LogP contribution in [0.25, 0.3) is 11.3 Å². The summed E-state index contributed by atoms with van der Waals surface area (Å²) in [7, 11) is -2.31. The van der Waals surface area contributed by atoms with Gasteiger partial charge in [0.2, 0.25) is 15.9 Å². The van der Waals surface area contributed by atoms with Crippen molar-refractivity contribution in [3.63, 3.8) is 0 Å². The lowest BCUT2D eigenvalue weighted by molar-refractivity contribution is -0.115. The maximum absolute atomic E-state index is 12.3. The molecule has 28 heavy (non-hydrogen) atoms. The van der Waals surface area contributed by atoms with E-state index >= 15 is 0 Å². The minimum absolute atomic E-state index is 0.0626. The lowest BCUT2D eigenvalue weighted by Crippen LogP contribution is -2.17. The lowest BCUT2D eigenvalue weighted by Gasteiger charge is -2.12. The molecule has 0 unspecified atom stereocenters. The Morgan fingerprint density at radius 1 is 1.21 bits per heavy atom. The van der Waals surface area contributed by atoms with Crippen molar-refractivity contribution in [3.05, 3.63) is 64.8 Å². The molecular weight excluding hydrogens is 400 g/mol. The first-order valence-corrected chi connectivity index (χ1v) is 10.3. The van der Waals surface area contributed by atoms with Crippen LogP contribution in [0, 0.1) is 6.92 Å². The molecule has 0 fully saturated rings. The quantitative estimate of drug-likeness (QED) is 0.664. The molecule has 1 aromatic heterocycles. The van der Waals surface area contributed by atoms with E-state index in [9.17, 15) is 13.2 Å². The van der Waals surface area contributed by atoms with Gasteiger partial charge in [-0.25, -0.2) is 13.6 Å². The van der Waals surface area contributed by atoms with Crippen LogP contribution in [0.3, 0.4) is 0 Å². The SMILES string of the molecule is Cc1cc(-c2ccc(NC(=O)Cc3ccccc3Cl)cc2S(N)(=O)=O)n(C)n1. The Hall–Kier alpha value is -2.68. The predicted molar refractivity (Wildman–Crippen MR) is 109 cm³/mol. The second-order valence-corrected chi connectivity index (χ2v) is 8.30. The van der Waals surface area contributed by atoms with Crippen LogP contribution >= 0.6 is 11.6 Å². The average Bonchev–Trinajstić information content (AvgIpc) is 2.94. The molecule has 2 aromatic carbocycles. The number of aromatic nitrogens is 2. The first kappa shape index (κ1) is 20.1. The second kappa shape index (κ2) is 7.75. The van der Waals surface area contributed by atoms with Gasteiger partial charge in [0.05, 0.1) is 22.7 Å². The van der Waals surface area contributed by atoms with Gasteiger partial charge in [0.15, 0.2) is 0 Å². The molecule has 0 atom stereocenters. The Labute approximate surface area is 168 Å². The molecular formula is C19H19ClN4O3S. The van der Waals surface area contributed by atoms with Crippen LogP contribution in [0.15, 0.2) is 53.4 Å². The van der Waals surface area contributed by atoms with Gasteiger partial charge in [-0.15, -0.1) is 0 Å². The summed E-state index contributed by atoms with van der Waals surface area (Å²) in [6.45, 7) is 1.81. The third-order valence-electron chi connectivity index (χ3n) is 4.16. The Morgan fingerprint density at radius 3 is 2.54 bits per heavy atom. The summed E-state index contributed by atoms with van der Waals surface area (Å²) in [4.78, 5) is 12.3. The average molecular weight is 419 g/mol. The fourth-order valence-corrected chi connectivity index (χ4v) is 3.90. The van der Waals surface area contributed by atoms with Gasteiger partial charge in [-0.05, 0) is 42.8 Å². The maximum Gasteiger partial charge on any atom is 0.238 e. The summed E-state index contributed by atoms with van der Waals surface area (Å²) in [6.07, 6.45) is 0.0626. The van der Waals surface area contributed by atoms with E-state index in [2.05, 4.69) is 10.4 Å². The van der Waals surface area contributed by atoms with E-state index in [0.29, 0.717) is 27.5 Å². The highest BCUT2D eigenvalue weighted by Gasteiger charge is 2.19. The third-order valence-corrected chi connectivity index (χ3v) is 5.48. The fourth-order valence-electron chi connectivity index (χ4n) is 2.93. The summed E-state index contributed by atoms with van der Waals surface area (Å²) >= 11 is 6.08. The van der Waals surface area contributed by atoms with Gasteiger partial charge in [0.1, 0.15) is 0 Å². The van der Waals surface area contributed by atoms with Crippen molar-refractivity contribution in [2.45, 2.75) is 18.2 Å². The zero-order valence-corrected chi connectivity index (χ0v) is 16.9. The monoisotopic (exact) mass is 418 g/mol. The van der Waals surface area contributed by atoms with Crippen LogP contribution in [0.2, 0.25) is 5.02 Å². The van der Waals surface area contributed by atoms with Gasteiger partial charge in [0, 0.05) is 23.3 Å². The Morgan fingerprint density at radius 2 is 1.93 bits per heavy atom. The zero-order valence-electron chi connectivity index (χ0n) is 15.3. The molecule has 3 aromatic rings. The van der Waals surface area contributed by atoms with Crippen molar-refractivity contribution < 1.29 is 13.2 Å². The van der Waals surface area contributed by atoms with E-state index in [1.807, 2.05) is 6.92 Å². The molecule has 0 aliphatic rings. The number of anilines is 1. The number of sulfonamides is 1. The minimum atomic E-state index is -4.03. The fraction of sp³-hybridized carbons (Fsp3) is 0.158. The summed E-state index contributed by atoms with van der Waals surface area (Å²) in [5, 5.41) is 12.8. The number of aryl methyl sites for hydroxylation is 2. The largest absolute Gasteiger partial charge is 0.326 e. The van der Waals surface area contributed by atoms with Crippen molar-refractivity contribution in [1.82, 2.24) is 9.78 Å². The van der Waals surface area contributed by atoms with E-state index < -0.39 is 10.0 Å². The van der Waals surface area contributed by atoms with Crippen LogP contribution in [-0.2, 0) is 28.3 Å². The van der Waals surface area contributed by atoms with Gasteiger partial charge >= 0.3 is 0 Å². The highest BCUT2D eigenvalue weighted by atomic mass is 35.5. The number of nitrogens with one attached hydrogen (secondary N) is 1. The van der Waals surface area contributed by atoms with E-state index in [1.54, 1.807) is 54.2 Å². The number of primary sulfonamides is 1. The Balaban J connectivity index is 1.92. The molecule has 0 saturated carbocycles. The van der Waals surface area contributed by atoms with E-state index in [4.69, 9.17) is 16.7 Å². The number of nitrogens with zero attached hydrogens (tertiary/aromatic N) is 2. The van der Waals surface area contributed by atoms with Crippen molar-refractivity contribution in [1.29, 1.82) is 0 Å². The first-order chi connectivity index (χ1) is 13.1. The molecule has 0 bridgehead atoms. The number of benzene rings is 2. The normalized spacial score (nSPS) is 11.4. The molecule has 3 rings (SSSR count). The molecule has 146 valence electrons. The van der Waals surface area contributed by atoms with Crippen LogP contribution < -0.4 is 10.5 Å². The molecule has 1 amide bonds. The molecule has 0 aliphatic heterocycles. The van der Waals surface area contributed by atoms with E-state index in [1.165, 1.54) is 6.07 Å². The number of carbonyl (C=O) groups is 1. The molecule has 7 nitrogen and oxygen atoms in total. The number of hydrogen-bond donors (Lipinski definition) is 2. The molecule has 0 saturated heterocycles. The minimum Gasteiger partial charge on any atom is -0.326 e. The highest BCUT2D eigenvalue weighted by molar-refractivity contribution is 7.89. The van der Waals surface area contributed by atoms with Crippen LogP contribution in [0.4, 0.5) is 5.69 Å². The van der Waals surface area contributed by atoms with Gasteiger partial charge in [-0.3, -0.25) is 9.48 Å². The predicted octanol–water partition coefficient (Wildman–Crippen LogP) is 2.88. The summed E-state index contributed by atoms with van der Waals surface area (Å²) < 4.78 is 25.9. The first-order valence-electron chi connectivity index (χ1n) is 8.36. The number of rotatable bonds is 5. The third kappa shape index (κ3) is 4.41. The topological polar surface area (TPSA) is 107 Å². The van der Waals surface area contributed by atoms with Crippen molar-refractivity contribution >= 4 is 33.2 Å². The molecule has 1 heterocycles. The Kier molecular flexibility index (Phi) is 5.55. The number of hydrogen-bond acceptors (Lipinski definition) is 4. The number of amides is 1. The molecule has 0 aliphatic carbocycles. The van der Waals surface area contributed by atoms with Crippen molar-refractivity contribution in [2.75, 3.05) is 5.32 Å². The van der Waals surface area contributed by atoms with Gasteiger partial charge in [-0.2, -0.15) is 5.10 Å². The summed E-state index contributed by atoms with van der Waals surface area (Å²) in [5.74, 6) is -0.322. The van der Waals surface area contributed by atoms with Crippen LogP contribution in [0.1, 0.15) is 11.3 Å². The van der Waals surface area contributed by atoms with Crippen LogP contribution in [-0.4, -0.2) is 24.1 Å². The lowest BCUT2D eigenvalue weighted by atomic mass is 10.1. The van der Waals surface area contributed by atoms with E-state index in [-0.39, 0.29) is 17.2 Å².